The number of hydrogen-bond acceptors (Lipinski definition) is 6. The summed E-state index contributed by atoms with van der Waals surface area (Å²) in [6.07, 6.45) is 5.57. The van der Waals surface area contributed by atoms with Gasteiger partial charge in [0.1, 0.15) is 11.8 Å². The third kappa shape index (κ3) is 4.67. The van der Waals surface area contributed by atoms with E-state index >= 15 is 0 Å². The molecule has 3 saturated heterocycles. The summed E-state index contributed by atoms with van der Waals surface area (Å²) in [5, 5.41) is 10.2. The van der Waals surface area contributed by atoms with Crippen LogP contribution in [0.1, 0.15) is 40.0 Å². The van der Waals surface area contributed by atoms with E-state index in [1.807, 2.05) is 19.1 Å². The number of rotatable bonds is 12. The fraction of sp³-hybridized carbons (Fsp3) is 0.567. The molecular weight excluding hydrogens is 514 g/mol. The van der Waals surface area contributed by atoms with Crippen LogP contribution in [0.25, 0.3) is 0 Å². The Kier molecular flexibility index (Phi) is 8.52. The highest BCUT2D eigenvalue weighted by molar-refractivity contribution is 8.02. The zero-order valence-electron chi connectivity index (χ0n) is 23.5. The van der Waals surface area contributed by atoms with Crippen molar-refractivity contribution in [2.24, 2.45) is 11.8 Å². The van der Waals surface area contributed by atoms with Crippen LogP contribution >= 0.6 is 11.8 Å². The molecule has 1 spiro atoms. The second-order valence-corrected chi connectivity index (χ2v) is 12.9. The summed E-state index contributed by atoms with van der Waals surface area (Å²) in [5.74, 6) is -0.998. The van der Waals surface area contributed by atoms with Crippen LogP contribution in [0.5, 0.6) is 5.75 Å². The summed E-state index contributed by atoms with van der Waals surface area (Å²) in [7, 11) is 1.59. The lowest BCUT2D eigenvalue weighted by Gasteiger charge is -2.39. The van der Waals surface area contributed by atoms with E-state index in [0.29, 0.717) is 30.9 Å². The molecule has 0 aromatic heterocycles. The smallest absolute Gasteiger partial charge is 0.251 e. The Balaban J connectivity index is 1.80. The monoisotopic (exact) mass is 555 g/mol. The van der Waals surface area contributed by atoms with Gasteiger partial charge in [-0.25, -0.2) is 0 Å². The van der Waals surface area contributed by atoms with E-state index in [0.717, 1.165) is 12.8 Å². The first-order valence-electron chi connectivity index (χ1n) is 13.7. The molecule has 212 valence electrons. The standard InChI is InChI=1S/C30H41N3O5S/c1-7-16-31(17-8-2)26(35)23-24-27(36)33(20(4)19-34)25(30(24)15-14-29(23,5)39-30)28(37)32(18-9-3)21-10-12-22(38-6)13-11-21/h7,9-13,20,23-25,34H,1,3,8,14-19H2,2,4-6H3/t20-,23-,24+,25?,29+,30?/m1/s1. The molecule has 3 aliphatic rings. The lowest BCUT2D eigenvalue weighted by molar-refractivity contribution is -0.146. The van der Waals surface area contributed by atoms with Crippen LogP contribution in [-0.4, -0.2) is 87.6 Å². The van der Waals surface area contributed by atoms with Gasteiger partial charge in [-0.2, -0.15) is 0 Å². The minimum Gasteiger partial charge on any atom is -0.497 e. The predicted molar refractivity (Wildman–Crippen MR) is 155 cm³/mol. The molecule has 39 heavy (non-hydrogen) atoms. The van der Waals surface area contributed by atoms with Crippen LogP contribution in [-0.2, 0) is 14.4 Å². The van der Waals surface area contributed by atoms with Crippen LogP contribution in [0.2, 0.25) is 0 Å². The number of nitrogens with zero attached hydrogens (tertiary/aromatic N) is 3. The van der Waals surface area contributed by atoms with Crippen molar-refractivity contribution in [2.75, 3.05) is 38.3 Å². The molecule has 3 aliphatic heterocycles. The Morgan fingerprint density at radius 2 is 1.87 bits per heavy atom. The molecule has 0 radical (unpaired) electrons. The molecule has 4 rings (SSSR count). The van der Waals surface area contributed by atoms with Crippen molar-refractivity contribution < 1.29 is 24.2 Å². The number of carbonyl (C=O) groups excluding carboxylic acids is 3. The second-order valence-electron chi connectivity index (χ2n) is 11.0. The lowest BCUT2D eigenvalue weighted by atomic mass is 9.66. The van der Waals surface area contributed by atoms with Gasteiger partial charge in [-0.05, 0) is 57.4 Å². The number of ether oxygens (including phenoxy) is 1. The number of amides is 3. The van der Waals surface area contributed by atoms with E-state index in [1.165, 1.54) is 0 Å². The molecule has 1 aromatic carbocycles. The number of benzene rings is 1. The molecule has 0 aliphatic carbocycles. The topological polar surface area (TPSA) is 90.4 Å². The predicted octanol–water partition coefficient (Wildman–Crippen LogP) is 3.50. The van der Waals surface area contributed by atoms with Crippen LogP contribution < -0.4 is 9.64 Å². The Morgan fingerprint density at radius 1 is 1.21 bits per heavy atom. The summed E-state index contributed by atoms with van der Waals surface area (Å²) in [6.45, 7) is 14.5. The number of carbonyl (C=O) groups is 3. The molecule has 3 fully saturated rings. The zero-order valence-corrected chi connectivity index (χ0v) is 24.3. The zero-order chi connectivity index (χ0) is 28.5. The Hall–Kier alpha value is -2.78. The van der Waals surface area contributed by atoms with Crippen LogP contribution in [0.4, 0.5) is 5.69 Å². The Labute approximate surface area is 236 Å². The van der Waals surface area contributed by atoms with Gasteiger partial charge in [-0.15, -0.1) is 24.9 Å². The van der Waals surface area contributed by atoms with E-state index < -0.39 is 33.4 Å². The van der Waals surface area contributed by atoms with E-state index in [4.69, 9.17) is 4.74 Å². The number of fused-ring (bicyclic) bond motifs is 1. The number of aliphatic hydroxyl groups excluding tert-OH is 1. The van der Waals surface area contributed by atoms with Gasteiger partial charge in [0.15, 0.2) is 0 Å². The van der Waals surface area contributed by atoms with Gasteiger partial charge in [-0.3, -0.25) is 14.4 Å². The number of likely N-dealkylation sites (tertiary alicyclic amines) is 1. The lowest BCUT2D eigenvalue weighted by Crippen LogP contribution is -2.57. The number of aliphatic hydroxyl groups is 1. The van der Waals surface area contributed by atoms with Gasteiger partial charge < -0.3 is 24.5 Å². The maximum absolute atomic E-state index is 14.6. The Bertz CT molecular complexity index is 1130. The summed E-state index contributed by atoms with van der Waals surface area (Å²) in [4.78, 5) is 47.9. The van der Waals surface area contributed by atoms with Gasteiger partial charge in [0.25, 0.3) is 5.91 Å². The highest BCUT2D eigenvalue weighted by Gasteiger charge is 2.77. The van der Waals surface area contributed by atoms with Crippen molar-refractivity contribution in [3.8, 4) is 5.75 Å². The maximum atomic E-state index is 14.6. The maximum Gasteiger partial charge on any atom is 0.251 e. The van der Waals surface area contributed by atoms with Gasteiger partial charge in [0.05, 0.1) is 36.3 Å². The largest absolute Gasteiger partial charge is 0.497 e. The molecule has 2 bridgehead atoms. The van der Waals surface area contributed by atoms with Gasteiger partial charge in [-0.1, -0.05) is 19.1 Å². The summed E-state index contributed by atoms with van der Waals surface area (Å²) in [5.41, 5.74) is 0.668. The van der Waals surface area contributed by atoms with Crippen molar-refractivity contribution in [3.63, 3.8) is 0 Å². The quantitative estimate of drug-likeness (QED) is 0.397. The molecule has 1 aromatic rings. The fourth-order valence-corrected chi connectivity index (χ4v) is 9.19. The van der Waals surface area contributed by atoms with Crippen molar-refractivity contribution in [2.45, 2.75) is 61.6 Å². The number of methoxy groups -OCH3 is 1. The SMILES string of the molecule is C=CCN(CCC)C(=O)[C@H]1[C@H]2C(=O)N([C@H](C)CO)C(C(=O)N(CC=C)c3ccc(OC)cc3)C23CC[C@]1(C)S3. The van der Waals surface area contributed by atoms with Crippen LogP contribution in [0.15, 0.2) is 49.6 Å². The van der Waals surface area contributed by atoms with Crippen LogP contribution in [0.3, 0.4) is 0 Å². The third-order valence-electron chi connectivity index (χ3n) is 8.57. The highest BCUT2D eigenvalue weighted by Crippen LogP contribution is 2.72. The highest BCUT2D eigenvalue weighted by atomic mass is 32.2. The fourth-order valence-electron chi connectivity index (χ4n) is 6.86. The molecule has 2 unspecified atom stereocenters. The number of anilines is 1. The van der Waals surface area contributed by atoms with Gasteiger partial charge in [0, 0.05) is 30.1 Å². The second kappa shape index (κ2) is 11.4. The van der Waals surface area contributed by atoms with E-state index in [1.54, 1.807) is 64.8 Å². The van der Waals surface area contributed by atoms with Crippen molar-refractivity contribution in [1.29, 1.82) is 0 Å². The molecule has 8 nitrogen and oxygen atoms in total. The van der Waals surface area contributed by atoms with Crippen LogP contribution in [0, 0.1) is 11.8 Å². The Morgan fingerprint density at radius 3 is 2.44 bits per heavy atom. The molecule has 0 saturated carbocycles. The van der Waals surface area contributed by atoms with E-state index in [-0.39, 0.29) is 30.9 Å². The van der Waals surface area contributed by atoms with Crippen molar-refractivity contribution >= 4 is 35.2 Å². The number of thioether (sulfide) groups is 1. The third-order valence-corrected chi connectivity index (χ3v) is 10.6. The summed E-state index contributed by atoms with van der Waals surface area (Å²) < 4.78 is 4.07. The summed E-state index contributed by atoms with van der Waals surface area (Å²) in [6, 6.07) is 5.83. The van der Waals surface area contributed by atoms with Gasteiger partial charge >= 0.3 is 0 Å². The molecular formula is C30H41N3O5S. The average molecular weight is 556 g/mol. The van der Waals surface area contributed by atoms with E-state index in [9.17, 15) is 19.5 Å². The first-order chi connectivity index (χ1) is 18.6. The van der Waals surface area contributed by atoms with Crippen molar-refractivity contribution in [1.82, 2.24) is 9.80 Å². The minimum absolute atomic E-state index is 0.0468. The molecule has 3 heterocycles. The first kappa shape index (κ1) is 29.2. The minimum atomic E-state index is -0.817. The molecule has 6 atom stereocenters. The van der Waals surface area contributed by atoms with Gasteiger partial charge in [0.2, 0.25) is 11.8 Å². The molecule has 9 heteroatoms. The average Bonchev–Trinajstić information content (AvgIpc) is 3.51. The van der Waals surface area contributed by atoms with Crippen molar-refractivity contribution in [3.05, 3.63) is 49.6 Å². The summed E-state index contributed by atoms with van der Waals surface area (Å²) >= 11 is 1.64. The number of hydrogen-bond donors (Lipinski definition) is 1. The molecule has 3 amide bonds. The first-order valence-corrected chi connectivity index (χ1v) is 14.5. The van der Waals surface area contributed by atoms with E-state index in [2.05, 4.69) is 20.1 Å². The molecule has 1 N–H and O–H groups in total. The normalized spacial score (nSPS) is 29.6.